The van der Waals surface area contributed by atoms with Crippen molar-refractivity contribution in [1.82, 2.24) is 0 Å². The van der Waals surface area contributed by atoms with Crippen molar-refractivity contribution in [2.75, 3.05) is 0 Å². The molecule has 0 spiro atoms. The molecule has 2 aromatic carbocycles. The van der Waals surface area contributed by atoms with E-state index in [2.05, 4.69) is 27.2 Å². The van der Waals surface area contributed by atoms with E-state index in [4.69, 9.17) is 16.8 Å². The molecule has 3 rings (SSSR count). The molecular formula is C18H10BrClN2O. The fraction of sp³-hybridized carbons (Fsp3) is 0. The van der Waals surface area contributed by atoms with E-state index >= 15 is 0 Å². The van der Waals surface area contributed by atoms with Gasteiger partial charge in [-0.3, -0.25) is 0 Å². The molecule has 0 heterocycles. The van der Waals surface area contributed by atoms with Gasteiger partial charge >= 0.3 is 0 Å². The molecule has 0 aliphatic heterocycles. The molecule has 112 valence electrons. The fourth-order valence-corrected chi connectivity index (χ4v) is 3.19. The minimum atomic E-state index is 0.314. The third-order valence-electron chi connectivity index (χ3n) is 3.58. The van der Waals surface area contributed by atoms with Crippen molar-refractivity contribution in [1.29, 1.82) is 5.26 Å². The summed E-state index contributed by atoms with van der Waals surface area (Å²) >= 11 is 9.62. The van der Waals surface area contributed by atoms with Crippen LogP contribution in [0.1, 0.15) is 5.56 Å². The average molecular weight is 386 g/mol. The summed E-state index contributed by atoms with van der Waals surface area (Å²) in [5.74, 6) is 0. The summed E-state index contributed by atoms with van der Waals surface area (Å²) in [4.78, 5) is 0. The summed E-state index contributed by atoms with van der Waals surface area (Å²) in [7, 11) is 0. The van der Waals surface area contributed by atoms with E-state index in [1.807, 2.05) is 42.5 Å². The molecule has 0 unspecified atom stereocenters. The lowest BCUT2D eigenvalue weighted by atomic mass is 9.93. The van der Waals surface area contributed by atoms with Gasteiger partial charge in [-0.15, -0.1) is 0 Å². The highest BCUT2D eigenvalue weighted by molar-refractivity contribution is 9.12. The van der Waals surface area contributed by atoms with E-state index in [1.165, 1.54) is 6.08 Å². The molecule has 0 amide bonds. The smallest absolute Gasteiger partial charge is 0.118 e. The van der Waals surface area contributed by atoms with E-state index in [1.54, 1.807) is 6.08 Å². The Morgan fingerprint density at radius 1 is 1.13 bits per heavy atom. The lowest BCUT2D eigenvalue weighted by Crippen LogP contribution is -2.03. The highest BCUT2D eigenvalue weighted by atomic mass is 79.9. The minimum Gasteiger partial charge on any atom is -0.410 e. The number of hydrogen-bond donors (Lipinski definition) is 1. The normalized spacial score (nSPS) is 18.4. The number of rotatable bonds is 1. The highest BCUT2D eigenvalue weighted by Gasteiger charge is 2.19. The Morgan fingerprint density at radius 3 is 2.61 bits per heavy atom. The molecule has 0 saturated heterocycles. The van der Waals surface area contributed by atoms with Gasteiger partial charge in [0.2, 0.25) is 0 Å². The van der Waals surface area contributed by atoms with Gasteiger partial charge in [-0.25, -0.2) is 0 Å². The van der Waals surface area contributed by atoms with Crippen LogP contribution in [0.15, 0.2) is 74.9 Å². The van der Waals surface area contributed by atoms with Gasteiger partial charge in [0.1, 0.15) is 11.8 Å². The van der Waals surface area contributed by atoms with Crippen LogP contribution in [0, 0.1) is 11.3 Å². The van der Waals surface area contributed by atoms with Crippen LogP contribution in [0.25, 0.3) is 16.3 Å². The number of nitrogens with zero attached hydrogens (tertiary/aromatic N) is 2. The van der Waals surface area contributed by atoms with Crippen molar-refractivity contribution in [2.24, 2.45) is 5.16 Å². The van der Waals surface area contributed by atoms with Crippen LogP contribution in [0.5, 0.6) is 0 Å². The summed E-state index contributed by atoms with van der Waals surface area (Å²) in [6.07, 6.45) is 3.21. The second kappa shape index (κ2) is 6.41. The minimum absolute atomic E-state index is 0.314. The zero-order chi connectivity index (χ0) is 16.4. The largest absolute Gasteiger partial charge is 0.410 e. The number of hydrogen-bond acceptors (Lipinski definition) is 3. The molecule has 0 saturated carbocycles. The van der Waals surface area contributed by atoms with Crippen molar-refractivity contribution in [3.8, 4) is 6.07 Å². The average Bonchev–Trinajstić information content (AvgIpc) is 2.58. The summed E-state index contributed by atoms with van der Waals surface area (Å²) < 4.78 is 0.562. The Balaban J connectivity index is 2.30. The second-order valence-electron chi connectivity index (χ2n) is 4.90. The molecule has 2 aromatic rings. The predicted molar refractivity (Wildman–Crippen MR) is 96.6 cm³/mol. The molecular weight excluding hydrogens is 376 g/mol. The molecule has 3 nitrogen and oxygen atoms in total. The number of benzene rings is 2. The summed E-state index contributed by atoms with van der Waals surface area (Å²) in [6.45, 7) is 0. The number of allylic oxidation sites excluding steroid dienone is 6. The van der Waals surface area contributed by atoms with Crippen molar-refractivity contribution < 1.29 is 5.21 Å². The van der Waals surface area contributed by atoms with Crippen LogP contribution >= 0.6 is 27.5 Å². The van der Waals surface area contributed by atoms with Crippen LogP contribution in [-0.2, 0) is 0 Å². The Bertz CT molecular complexity index is 959. The van der Waals surface area contributed by atoms with E-state index in [0.29, 0.717) is 26.4 Å². The lowest BCUT2D eigenvalue weighted by molar-refractivity contribution is 0.320. The molecule has 0 fully saturated rings. The van der Waals surface area contributed by atoms with E-state index < -0.39 is 0 Å². The maximum atomic E-state index is 9.70. The lowest BCUT2D eigenvalue weighted by Gasteiger charge is -2.13. The first-order chi connectivity index (χ1) is 11.2. The summed E-state index contributed by atoms with van der Waals surface area (Å²) in [6, 6.07) is 15.9. The molecule has 23 heavy (non-hydrogen) atoms. The SMILES string of the molecule is N#C/C(=C1C=C(Br)/C(=N\O)C=C\1Cl)c1cccc2ccccc12. The van der Waals surface area contributed by atoms with Gasteiger partial charge in [-0.2, -0.15) is 5.26 Å². The highest BCUT2D eigenvalue weighted by Crippen LogP contribution is 2.35. The van der Waals surface area contributed by atoms with E-state index in [9.17, 15) is 5.26 Å². The number of fused-ring (bicyclic) bond motifs is 1. The number of oxime groups is 1. The number of nitriles is 1. The van der Waals surface area contributed by atoms with Crippen molar-refractivity contribution in [3.05, 3.63) is 75.3 Å². The molecule has 0 bridgehead atoms. The molecule has 0 radical (unpaired) electrons. The molecule has 5 heteroatoms. The summed E-state index contributed by atoms with van der Waals surface area (Å²) in [5, 5.41) is 24.2. The monoisotopic (exact) mass is 384 g/mol. The van der Waals surface area contributed by atoms with Crippen LogP contribution in [0.3, 0.4) is 0 Å². The van der Waals surface area contributed by atoms with Crippen LogP contribution in [0.4, 0.5) is 0 Å². The maximum Gasteiger partial charge on any atom is 0.118 e. The van der Waals surface area contributed by atoms with Crippen LogP contribution < -0.4 is 0 Å². The Kier molecular flexibility index (Phi) is 4.33. The van der Waals surface area contributed by atoms with Gasteiger partial charge < -0.3 is 5.21 Å². The molecule has 0 aromatic heterocycles. The van der Waals surface area contributed by atoms with Crippen molar-refractivity contribution in [3.63, 3.8) is 0 Å². The quantitative estimate of drug-likeness (QED) is 0.408. The molecule has 0 atom stereocenters. The first-order valence-corrected chi connectivity index (χ1v) is 7.92. The van der Waals surface area contributed by atoms with Crippen molar-refractivity contribution >= 4 is 49.6 Å². The van der Waals surface area contributed by atoms with E-state index in [0.717, 1.165) is 16.3 Å². The summed E-state index contributed by atoms with van der Waals surface area (Å²) in [5.41, 5.74) is 2.18. The zero-order valence-electron chi connectivity index (χ0n) is 11.8. The zero-order valence-corrected chi connectivity index (χ0v) is 14.1. The van der Waals surface area contributed by atoms with Gasteiger partial charge in [-0.05, 0) is 38.9 Å². The van der Waals surface area contributed by atoms with Gasteiger partial charge in [0.25, 0.3) is 0 Å². The Hall–Kier alpha value is -2.35. The third-order valence-corrected chi connectivity index (χ3v) is 4.53. The molecule has 1 N–H and O–H groups in total. The number of halogens is 2. The van der Waals surface area contributed by atoms with Gasteiger partial charge in [0.05, 0.1) is 10.6 Å². The molecule has 1 aliphatic rings. The predicted octanol–water partition coefficient (Wildman–Crippen LogP) is 5.36. The fourth-order valence-electron chi connectivity index (χ4n) is 2.51. The van der Waals surface area contributed by atoms with Crippen LogP contribution in [0.2, 0.25) is 0 Å². The van der Waals surface area contributed by atoms with Crippen molar-refractivity contribution in [2.45, 2.75) is 0 Å². The van der Waals surface area contributed by atoms with Crippen LogP contribution in [-0.4, -0.2) is 10.9 Å². The van der Waals surface area contributed by atoms with Gasteiger partial charge in [0, 0.05) is 15.6 Å². The van der Waals surface area contributed by atoms with Gasteiger partial charge in [-0.1, -0.05) is 59.2 Å². The standard InChI is InChI=1S/C18H10BrClN2O/c19-16-8-14(17(20)9-18(16)22-23)15(10-21)13-7-3-5-11-4-1-2-6-12(11)13/h1-9,23H/b15-14-,22-18-. The first kappa shape index (κ1) is 15.5. The first-order valence-electron chi connectivity index (χ1n) is 6.75. The second-order valence-corrected chi connectivity index (χ2v) is 6.16. The maximum absolute atomic E-state index is 9.70. The Morgan fingerprint density at radius 2 is 1.87 bits per heavy atom. The topological polar surface area (TPSA) is 56.4 Å². The van der Waals surface area contributed by atoms with E-state index in [-0.39, 0.29) is 0 Å². The van der Waals surface area contributed by atoms with Gasteiger partial charge in [0.15, 0.2) is 0 Å². The molecule has 1 aliphatic carbocycles. The third kappa shape index (κ3) is 2.81. The Labute approximate surface area is 146 Å².